The molecule has 2 bridgehead atoms. The van der Waals surface area contributed by atoms with E-state index >= 15 is 0 Å². The van der Waals surface area contributed by atoms with Crippen molar-refractivity contribution < 1.29 is 4.79 Å². The number of rotatable bonds is 1. The normalized spacial score (nSPS) is 51.9. The molecule has 0 aromatic carbocycles. The molecule has 2 aliphatic rings. The molecule has 2 heteroatoms. The molecule has 0 aromatic rings. The Kier molecular flexibility index (Phi) is 1.64. The van der Waals surface area contributed by atoms with Gasteiger partial charge in [-0.3, -0.25) is 4.79 Å². The number of hydrogen-bond acceptors (Lipinski definition) is 2. The lowest BCUT2D eigenvalue weighted by atomic mass is 9.80. The standard InChI is InChI=1S/C10H16OS/c1-9-5-4-7(6-8(9)11)10(9,2)12-3/h7H,4-6H2,1-3H3/t7?,9?,10-/m0/s1. The van der Waals surface area contributed by atoms with Crippen molar-refractivity contribution in [1.82, 2.24) is 0 Å². The number of carbonyl (C=O) groups is 1. The van der Waals surface area contributed by atoms with Gasteiger partial charge in [0.2, 0.25) is 0 Å². The van der Waals surface area contributed by atoms with E-state index in [1.54, 1.807) is 0 Å². The van der Waals surface area contributed by atoms with Crippen LogP contribution in [0.1, 0.15) is 33.1 Å². The zero-order chi connectivity index (χ0) is 8.98. The van der Waals surface area contributed by atoms with Gasteiger partial charge in [0.1, 0.15) is 5.78 Å². The molecule has 0 aromatic heterocycles. The average Bonchev–Trinajstić information content (AvgIpc) is 2.39. The van der Waals surface area contributed by atoms with Crippen LogP contribution < -0.4 is 0 Å². The van der Waals surface area contributed by atoms with Crippen LogP contribution in [0.4, 0.5) is 0 Å². The van der Waals surface area contributed by atoms with Crippen molar-refractivity contribution in [3.63, 3.8) is 0 Å². The summed E-state index contributed by atoms with van der Waals surface area (Å²) in [6.45, 7) is 4.44. The Morgan fingerprint density at radius 3 is 2.42 bits per heavy atom. The Bertz CT molecular complexity index is 238. The summed E-state index contributed by atoms with van der Waals surface area (Å²) in [5.74, 6) is 1.17. The first-order valence-electron chi connectivity index (χ1n) is 4.63. The van der Waals surface area contributed by atoms with Gasteiger partial charge in [0.25, 0.3) is 0 Å². The number of thioether (sulfide) groups is 1. The molecule has 0 radical (unpaired) electrons. The van der Waals surface area contributed by atoms with Crippen LogP contribution in [0.25, 0.3) is 0 Å². The molecule has 68 valence electrons. The fourth-order valence-electron chi connectivity index (χ4n) is 2.99. The first-order valence-corrected chi connectivity index (χ1v) is 5.85. The summed E-state index contributed by atoms with van der Waals surface area (Å²) >= 11 is 1.90. The second-order valence-corrected chi connectivity index (χ2v) is 5.76. The molecular formula is C10H16OS. The fourth-order valence-corrected chi connectivity index (χ4v) is 4.19. The number of hydrogen-bond donors (Lipinski definition) is 0. The van der Waals surface area contributed by atoms with E-state index < -0.39 is 0 Å². The Morgan fingerprint density at radius 2 is 2.17 bits per heavy atom. The third kappa shape index (κ3) is 0.704. The monoisotopic (exact) mass is 184 g/mol. The minimum absolute atomic E-state index is 0.00289. The maximum atomic E-state index is 11.7. The van der Waals surface area contributed by atoms with E-state index in [-0.39, 0.29) is 10.2 Å². The van der Waals surface area contributed by atoms with Crippen LogP contribution in [0.2, 0.25) is 0 Å². The molecule has 2 saturated carbocycles. The van der Waals surface area contributed by atoms with Crippen molar-refractivity contribution in [2.45, 2.75) is 37.9 Å². The number of carbonyl (C=O) groups excluding carboxylic acids is 1. The summed E-state index contributed by atoms with van der Waals surface area (Å²) in [7, 11) is 0. The van der Waals surface area contributed by atoms with Gasteiger partial charge in [0.15, 0.2) is 0 Å². The predicted octanol–water partition coefficient (Wildman–Crippen LogP) is 2.50. The van der Waals surface area contributed by atoms with Gasteiger partial charge in [0, 0.05) is 16.6 Å². The summed E-state index contributed by atoms with van der Waals surface area (Å²) in [6.07, 6.45) is 5.37. The molecule has 2 rings (SSSR count). The van der Waals surface area contributed by atoms with Gasteiger partial charge >= 0.3 is 0 Å². The van der Waals surface area contributed by atoms with E-state index in [0.717, 1.165) is 12.8 Å². The van der Waals surface area contributed by atoms with Gasteiger partial charge in [-0.05, 0) is 31.9 Å². The van der Waals surface area contributed by atoms with E-state index in [2.05, 4.69) is 20.1 Å². The van der Waals surface area contributed by atoms with E-state index in [0.29, 0.717) is 11.7 Å². The molecule has 0 amide bonds. The van der Waals surface area contributed by atoms with Crippen molar-refractivity contribution in [2.75, 3.05) is 6.26 Å². The summed E-state index contributed by atoms with van der Waals surface area (Å²) in [5.41, 5.74) is -0.00289. The molecule has 2 fully saturated rings. The Morgan fingerprint density at radius 1 is 1.50 bits per heavy atom. The maximum Gasteiger partial charge on any atom is 0.140 e. The van der Waals surface area contributed by atoms with E-state index in [1.807, 2.05) is 11.8 Å². The second-order valence-electron chi connectivity index (χ2n) is 4.51. The highest BCUT2D eigenvalue weighted by atomic mass is 32.2. The van der Waals surface area contributed by atoms with Crippen LogP contribution >= 0.6 is 11.8 Å². The number of Topliss-reactive ketones (excluding diaryl/α,β-unsaturated/α-hetero) is 1. The molecule has 2 aliphatic carbocycles. The van der Waals surface area contributed by atoms with Crippen molar-refractivity contribution in [3.05, 3.63) is 0 Å². The highest BCUT2D eigenvalue weighted by Crippen LogP contribution is 2.63. The highest BCUT2D eigenvalue weighted by molar-refractivity contribution is 8.00. The third-order valence-corrected chi connectivity index (χ3v) is 5.97. The first kappa shape index (κ1) is 8.61. The van der Waals surface area contributed by atoms with E-state index in [9.17, 15) is 4.79 Å². The van der Waals surface area contributed by atoms with Gasteiger partial charge in [-0.25, -0.2) is 0 Å². The Labute approximate surface area is 78.3 Å². The minimum Gasteiger partial charge on any atom is -0.299 e. The first-order chi connectivity index (χ1) is 5.54. The van der Waals surface area contributed by atoms with Crippen molar-refractivity contribution in [3.8, 4) is 0 Å². The molecular weight excluding hydrogens is 168 g/mol. The average molecular weight is 184 g/mol. The molecule has 0 saturated heterocycles. The molecule has 0 N–H and O–H groups in total. The zero-order valence-electron chi connectivity index (χ0n) is 8.02. The minimum atomic E-state index is -0.00289. The fraction of sp³-hybridized carbons (Fsp3) is 0.900. The summed E-state index contributed by atoms with van der Waals surface area (Å²) in [4.78, 5) is 11.7. The van der Waals surface area contributed by atoms with Crippen molar-refractivity contribution in [2.24, 2.45) is 11.3 Å². The smallest absolute Gasteiger partial charge is 0.140 e. The van der Waals surface area contributed by atoms with Gasteiger partial charge in [-0.15, -0.1) is 0 Å². The van der Waals surface area contributed by atoms with Crippen molar-refractivity contribution >= 4 is 17.5 Å². The lowest BCUT2D eigenvalue weighted by molar-refractivity contribution is -0.126. The molecule has 0 aliphatic heterocycles. The molecule has 2 unspecified atom stereocenters. The van der Waals surface area contributed by atoms with Crippen LogP contribution in [0.15, 0.2) is 0 Å². The van der Waals surface area contributed by atoms with Crippen LogP contribution in [0, 0.1) is 11.3 Å². The molecule has 0 heterocycles. The number of fused-ring (bicyclic) bond motifs is 2. The molecule has 0 spiro atoms. The summed E-state index contributed by atoms with van der Waals surface area (Å²) in [5, 5.41) is 0. The summed E-state index contributed by atoms with van der Waals surface area (Å²) in [6, 6.07) is 0. The summed E-state index contributed by atoms with van der Waals surface area (Å²) < 4.78 is 0.240. The largest absolute Gasteiger partial charge is 0.299 e. The van der Waals surface area contributed by atoms with Crippen molar-refractivity contribution in [1.29, 1.82) is 0 Å². The zero-order valence-corrected chi connectivity index (χ0v) is 8.83. The molecule has 12 heavy (non-hydrogen) atoms. The van der Waals surface area contributed by atoms with E-state index in [4.69, 9.17) is 0 Å². The van der Waals surface area contributed by atoms with Crippen LogP contribution in [-0.4, -0.2) is 16.8 Å². The van der Waals surface area contributed by atoms with Gasteiger partial charge in [-0.2, -0.15) is 11.8 Å². The predicted molar refractivity (Wildman–Crippen MR) is 52.4 cm³/mol. The topological polar surface area (TPSA) is 17.1 Å². The Hall–Kier alpha value is 0.0200. The number of ketones is 1. The maximum absolute atomic E-state index is 11.7. The Balaban J connectivity index is 2.44. The van der Waals surface area contributed by atoms with Crippen LogP contribution in [-0.2, 0) is 4.79 Å². The van der Waals surface area contributed by atoms with Gasteiger partial charge in [0.05, 0.1) is 0 Å². The quantitative estimate of drug-likeness (QED) is 0.623. The van der Waals surface area contributed by atoms with Crippen LogP contribution in [0.5, 0.6) is 0 Å². The van der Waals surface area contributed by atoms with Crippen LogP contribution in [0.3, 0.4) is 0 Å². The third-order valence-electron chi connectivity index (χ3n) is 4.34. The second kappa shape index (κ2) is 2.28. The highest BCUT2D eigenvalue weighted by Gasteiger charge is 2.63. The molecule has 1 nitrogen and oxygen atoms in total. The SMILES string of the molecule is CS[C@@]1(C)C2CCC1(C)C(=O)C2. The molecule has 3 atom stereocenters. The lowest BCUT2D eigenvalue weighted by Gasteiger charge is -2.34. The van der Waals surface area contributed by atoms with Gasteiger partial charge < -0.3 is 0 Å². The van der Waals surface area contributed by atoms with Gasteiger partial charge in [-0.1, -0.05) is 6.92 Å². The van der Waals surface area contributed by atoms with E-state index in [1.165, 1.54) is 6.42 Å². The lowest BCUT2D eigenvalue weighted by Crippen LogP contribution is -2.37.